The third-order valence-electron chi connectivity index (χ3n) is 4.60. The Kier molecular flexibility index (Phi) is 5.54. The van der Waals surface area contributed by atoms with E-state index in [1.54, 1.807) is 19.3 Å². The van der Waals surface area contributed by atoms with E-state index in [4.69, 9.17) is 0 Å². The fourth-order valence-corrected chi connectivity index (χ4v) is 3.41. The van der Waals surface area contributed by atoms with Crippen molar-refractivity contribution in [2.45, 2.75) is 32.4 Å². The van der Waals surface area contributed by atoms with E-state index in [0.29, 0.717) is 5.92 Å². The van der Waals surface area contributed by atoms with E-state index in [2.05, 4.69) is 26.3 Å². The molecule has 0 spiro atoms. The van der Waals surface area contributed by atoms with E-state index < -0.39 is 0 Å². The minimum Gasteiger partial charge on any atom is -0.348 e. The van der Waals surface area contributed by atoms with Gasteiger partial charge in [-0.15, -0.1) is 0 Å². The Bertz CT molecular complexity index is 639. The summed E-state index contributed by atoms with van der Waals surface area (Å²) >= 11 is 0. The van der Waals surface area contributed by atoms with Crippen LogP contribution in [0.15, 0.2) is 48.9 Å². The van der Waals surface area contributed by atoms with Gasteiger partial charge < -0.3 is 5.32 Å². The number of nitrogens with one attached hydrogen (secondary N) is 1. The van der Waals surface area contributed by atoms with Crippen LogP contribution in [0.2, 0.25) is 0 Å². The van der Waals surface area contributed by atoms with Gasteiger partial charge in [0, 0.05) is 32.1 Å². The van der Waals surface area contributed by atoms with Crippen LogP contribution in [0.1, 0.15) is 37.1 Å². The summed E-state index contributed by atoms with van der Waals surface area (Å²) < 4.78 is 0. The van der Waals surface area contributed by atoms with Gasteiger partial charge in [-0.25, -0.2) is 0 Å². The number of carbonyl (C=O) groups is 1. The molecule has 1 saturated heterocycles. The Morgan fingerprint density at radius 3 is 2.71 bits per heavy atom. The van der Waals surface area contributed by atoms with Crippen molar-refractivity contribution in [3.8, 4) is 0 Å². The van der Waals surface area contributed by atoms with Gasteiger partial charge in [-0.2, -0.15) is 0 Å². The number of carbonyl (C=O) groups excluding carboxylic acids is 1. The Morgan fingerprint density at radius 2 is 2.08 bits per heavy atom. The molecule has 0 saturated carbocycles. The summed E-state index contributed by atoms with van der Waals surface area (Å²) in [5, 5.41) is 3.10. The number of likely N-dealkylation sites (tertiary alicyclic amines) is 1. The van der Waals surface area contributed by atoms with Gasteiger partial charge in [-0.1, -0.05) is 12.1 Å². The highest BCUT2D eigenvalue weighted by atomic mass is 16.1. The number of rotatable bonds is 5. The minimum absolute atomic E-state index is 0.00319. The van der Waals surface area contributed by atoms with Gasteiger partial charge in [0.1, 0.15) is 0 Å². The molecule has 2 aromatic rings. The molecule has 1 aliphatic heterocycles. The summed E-state index contributed by atoms with van der Waals surface area (Å²) in [7, 11) is 0. The third kappa shape index (κ3) is 4.38. The summed E-state index contributed by atoms with van der Waals surface area (Å²) in [4.78, 5) is 22.7. The maximum absolute atomic E-state index is 11.6. The summed E-state index contributed by atoms with van der Waals surface area (Å²) in [6, 6.07) is 10.00. The molecule has 1 fully saturated rings. The molecule has 5 heteroatoms. The van der Waals surface area contributed by atoms with Crippen molar-refractivity contribution in [1.29, 1.82) is 0 Å². The lowest BCUT2D eigenvalue weighted by molar-refractivity contribution is -0.120. The summed E-state index contributed by atoms with van der Waals surface area (Å²) in [5.41, 5.74) is 2.21. The molecule has 0 bridgehead atoms. The van der Waals surface area contributed by atoms with Crippen molar-refractivity contribution in [3.63, 3.8) is 0 Å². The molecule has 1 amide bonds. The van der Waals surface area contributed by atoms with Gasteiger partial charge in [0.15, 0.2) is 0 Å². The first-order chi connectivity index (χ1) is 11.7. The lowest BCUT2D eigenvalue weighted by Gasteiger charge is -2.36. The minimum atomic E-state index is 0.00319. The standard InChI is InChI=1S/C19H24N4O/c1-15(24)22-19(18-6-2-3-10-21-18)17-7-11-23(12-8-17)14-16-5-4-9-20-13-16/h2-6,9-10,13,17,19H,7-8,11-12,14H2,1H3,(H,22,24). The van der Waals surface area contributed by atoms with Crippen LogP contribution in [0, 0.1) is 5.92 Å². The topological polar surface area (TPSA) is 58.1 Å². The van der Waals surface area contributed by atoms with Crippen molar-refractivity contribution < 1.29 is 4.79 Å². The van der Waals surface area contributed by atoms with Crippen molar-refractivity contribution in [2.75, 3.05) is 13.1 Å². The van der Waals surface area contributed by atoms with Crippen LogP contribution >= 0.6 is 0 Å². The molecule has 2 aromatic heterocycles. The van der Waals surface area contributed by atoms with Crippen molar-refractivity contribution in [2.24, 2.45) is 5.92 Å². The smallest absolute Gasteiger partial charge is 0.217 e. The average molecular weight is 324 g/mol. The maximum atomic E-state index is 11.6. The fraction of sp³-hybridized carbons (Fsp3) is 0.421. The largest absolute Gasteiger partial charge is 0.348 e. The first kappa shape index (κ1) is 16.6. The number of pyridine rings is 2. The van der Waals surface area contributed by atoms with Gasteiger partial charge in [-0.05, 0) is 55.6 Å². The van der Waals surface area contributed by atoms with Crippen LogP contribution in [0.5, 0.6) is 0 Å². The number of hydrogen-bond donors (Lipinski definition) is 1. The second-order valence-corrected chi connectivity index (χ2v) is 6.41. The predicted octanol–water partition coefficient (Wildman–Crippen LogP) is 2.57. The van der Waals surface area contributed by atoms with E-state index in [-0.39, 0.29) is 11.9 Å². The number of aromatic nitrogens is 2. The Hall–Kier alpha value is -2.27. The lowest BCUT2D eigenvalue weighted by atomic mass is 9.87. The molecule has 0 radical (unpaired) electrons. The highest BCUT2D eigenvalue weighted by Crippen LogP contribution is 2.30. The van der Waals surface area contributed by atoms with Crippen molar-refractivity contribution in [1.82, 2.24) is 20.2 Å². The van der Waals surface area contributed by atoms with Gasteiger partial charge in [-0.3, -0.25) is 19.7 Å². The molecule has 1 unspecified atom stereocenters. The molecule has 126 valence electrons. The number of piperidine rings is 1. The van der Waals surface area contributed by atoms with E-state index in [1.165, 1.54) is 5.56 Å². The molecule has 24 heavy (non-hydrogen) atoms. The van der Waals surface area contributed by atoms with E-state index in [0.717, 1.165) is 38.2 Å². The normalized spacial score (nSPS) is 17.4. The number of amides is 1. The first-order valence-electron chi connectivity index (χ1n) is 8.51. The molecule has 3 heterocycles. The van der Waals surface area contributed by atoms with Gasteiger partial charge >= 0.3 is 0 Å². The molecule has 1 atom stereocenters. The summed E-state index contributed by atoms with van der Waals surface area (Å²) in [6.07, 6.45) is 7.64. The molecule has 1 N–H and O–H groups in total. The highest BCUT2D eigenvalue weighted by Gasteiger charge is 2.29. The number of hydrogen-bond acceptors (Lipinski definition) is 4. The zero-order valence-electron chi connectivity index (χ0n) is 14.1. The summed E-state index contributed by atoms with van der Waals surface area (Å²) in [5.74, 6) is 0.428. The second-order valence-electron chi connectivity index (χ2n) is 6.41. The van der Waals surface area contributed by atoms with Crippen LogP contribution in [0.3, 0.4) is 0 Å². The zero-order chi connectivity index (χ0) is 16.8. The monoisotopic (exact) mass is 324 g/mol. The van der Waals surface area contributed by atoms with Crippen LogP contribution in [0.4, 0.5) is 0 Å². The Labute approximate surface area is 143 Å². The van der Waals surface area contributed by atoms with Gasteiger partial charge in [0.05, 0.1) is 11.7 Å². The van der Waals surface area contributed by atoms with Crippen molar-refractivity contribution >= 4 is 5.91 Å². The molecular formula is C19H24N4O. The molecule has 5 nitrogen and oxygen atoms in total. The van der Waals surface area contributed by atoms with Gasteiger partial charge in [0.25, 0.3) is 0 Å². The van der Waals surface area contributed by atoms with Gasteiger partial charge in [0.2, 0.25) is 5.91 Å². The van der Waals surface area contributed by atoms with Crippen LogP contribution in [-0.2, 0) is 11.3 Å². The molecule has 3 rings (SSSR count). The fourth-order valence-electron chi connectivity index (χ4n) is 3.41. The van der Waals surface area contributed by atoms with E-state index in [1.807, 2.05) is 30.5 Å². The van der Waals surface area contributed by atoms with Crippen LogP contribution in [-0.4, -0.2) is 33.9 Å². The summed E-state index contributed by atoms with van der Waals surface area (Å²) in [6.45, 7) is 4.58. The zero-order valence-corrected chi connectivity index (χ0v) is 14.1. The van der Waals surface area contributed by atoms with E-state index in [9.17, 15) is 4.79 Å². The Balaban J connectivity index is 1.62. The molecule has 1 aliphatic rings. The van der Waals surface area contributed by atoms with Crippen molar-refractivity contribution in [3.05, 3.63) is 60.2 Å². The quantitative estimate of drug-likeness (QED) is 0.918. The maximum Gasteiger partial charge on any atom is 0.217 e. The first-order valence-corrected chi connectivity index (χ1v) is 8.51. The lowest BCUT2D eigenvalue weighted by Crippen LogP contribution is -2.40. The molecule has 0 aromatic carbocycles. The van der Waals surface area contributed by atoms with E-state index >= 15 is 0 Å². The predicted molar refractivity (Wildman–Crippen MR) is 93.0 cm³/mol. The third-order valence-corrected chi connectivity index (χ3v) is 4.60. The molecule has 0 aliphatic carbocycles. The number of nitrogens with zero attached hydrogens (tertiary/aromatic N) is 3. The van der Waals surface area contributed by atoms with Crippen LogP contribution in [0.25, 0.3) is 0 Å². The average Bonchev–Trinajstić information content (AvgIpc) is 2.62. The highest BCUT2D eigenvalue weighted by molar-refractivity contribution is 5.73. The SMILES string of the molecule is CC(=O)NC(c1ccccn1)C1CCN(Cc2cccnc2)CC1. The molecular weight excluding hydrogens is 300 g/mol. The second kappa shape index (κ2) is 8.02. The van der Waals surface area contributed by atoms with Crippen LogP contribution < -0.4 is 5.32 Å². The Morgan fingerprint density at radius 1 is 1.25 bits per heavy atom.